The molecule has 0 bridgehead atoms. The molecule has 0 aliphatic carbocycles. The second-order valence-electron chi connectivity index (χ2n) is 22.6. The van der Waals surface area contributed by atoms with E-state index >= 15 is 0 Å². The first-order valence-electron chi connectivity index (χ1n) is 32.0. The van der Waals surface area contributed by atoms with Crippen LogP contribution in [0.25, 0.3) is 0 Å². The normalized spacial score (nSPS) is 14.3. The van der Waals surface area contributed by atoms with Crippen LogP contribution in [0.2, 0.25) is 0 Å². The Morgan fingerprint density at radius 1 is 0.449 bits per heavy atom. The van der Waals surface area contributed by atoms with Gasteiger partial charge in [0.25, 0.3) is 7.82 Å². The molecule has 78 heavy (non-hydrogen) atoms. The lowest BCUT2D eigenvalue weighted by Gasteiger charge is -2.30. The zero-order valence-electron chi connectivity index (χ0n) is 51.3. The number of carbonyl (C=O) groups is 2. The largest absolute Gasteiger partial charge is 0.756 e. The van der Waals surface area contributed by atoms with Crippen LogP contribution in [0.3, 0.4) is 0 Å². The number of hydrogen-bond acceptors (Lipinski definition) is 7. The van der Waals surface area contributed by atoms with E-state index in [1.807, 2.05) is 33.3 Å². The Hall–Kier alpha value is -3.07. The summed E-state index contributed by atoms with van der Waals surface area (Å²) in [4.78, 5) is 40.0. The molecule has 0 aromatic rings. The molecule has 3 atom stereocenters. The maximum Gasteiger partial charge on any atom is 0.306 e. The third kappa shape index (κ3) is 57.6. The first-order valence-corrected chi connectivity index (χ1v) is 33.5. The fourth-order valence-corrected chi connectivity index (χ4v) is 9.48. The van der Waals surface area contributed by atoms with Crippen LogP contribution >= 0.6 is 7.82 Å². The van der Waals surface area contributed by atoms with Gasteiger partial charge >= 0.3 is 5.97 Å². The maximum atomic E-state index is 13.5. The number of phosphoric ester groups is 1. The predicted octanol–water partition coefficient (Wildman–Crippen LogP) is 19.3. The van der Waals surface area contributed by atoms with E-state index in [0.29, 0.717) is 23.9 Å². The van der Waals surface area contributed by atoms with Gasteiger partial charge in [0, 0.05) is 12.8 Å². The molecule has 0 fully saturated rings. The smallest absolute Gasteiger partial charge is 0.306 e. The number of amides is 1. The Kier molecular flexibility index (Phi) is 54.9. The van der Waals surface area contributed by atoms with Crippen molar-refractivity contribution >= 4 is 19.7 Å². The summed E-state index contributed by atoms with van der Waals surface area (Å²) in [6, 6.07) is -0.924. The van der Waals surface area contributed by atoms with E-state index in [-0.39, 0.29) is 31.3 Å². The fraction of sp³-hybridized carbons (Fsp3) is 0.735. The van der Waals surface area contributed by atoms with Crippen molar-refractivity contribution in [3.8, 4) is 0 Å². The van der Waals surface area contributed by atoms with E-state index < -0.39 is 26.6 Å². The van der Waals surface area contributed by atoms with E-state index in [0.717, 1.165) is 83.5 Å². The first kappa shape index (κ1) is 74.9. The van der Waals surface area contributed by atoms with Crippen molar-refractivity contribution in [3.63, 3.8) is 0 Å². The summed E-state index contributed by atoms with van der Waals surface area (Å²) >= 11 is 0. The van der Waals surface area contributed by atoms with E-state index in [1.54, 1.807) is 0 Å². The zero-order chi connectivity index (χ0) is 57.2. The minimum Gasteiger partial charge on any atom is -0.756 e. The van der Waals surface area contributed by atoms with Crippen LogP contribution in [0.4, 0.5) is 0 Å². The molecule has 0 heterocycles. The van der Waals surface area contributed by atoms with Crippen LogP contribution in [-0.2, 0) is 27.9 Å². The molecule has 1 N–H and O–H groups in total. The number of likely N-dealkylation sites (N-methyl/N-ethyl adjacent to an activating group) is 1. The van der Waals surface area contributed by atoms with Crippen LogP contribution in [0.15, 0.2) is 97.2 Å². The Labute approximate surface area is 481 Å². The molecule has 0 saturated heterocycles. The summed E-state index contributed by atoms with van der Waals surface area (Å²) in [7, 11) is 1.14. The van der Waals surface area contributed by atoms with E-state index in [9.17, 15) is 19.0 Å². The van der Waals surface area contributed by atoms with Gasteiger partial charge in [-0.1, -0.05) is 247 Å². The van der Waals surface area contributed by atoms with Gasteiger partial charge in [-0.2, -0.15) is 0 Å². The van der Waals surface area contributed by atoms with Crippen LogP contribution in [0.5, 0.6) is 0 Å². The lowest BCUT2D eigenvalue weighted by Crippen LogP contribution is -2.47. The Morgan fingerprint density at radius 2 is 0.795 bits per heavy atom. The van der Waals surface area contributed by atoms with Gasteiger partial charge < -0.3 is 28.5 Å². The SMILES string of the molecule is CCCCC/C=C\C/C=C\C/C=C\C/C=C\CCCC(=O)NC(COP(=O)([O-])OCC[N+](C)(C)C)C(/C=C\CCCCCCCCCCCC)OC(=O)CCCCCCCCCCCC/C=C\C/C=C\C/C=C\CCCCC. The van der Waals surface area contributed by atoms with Crippen LogP contribution in [-0.4, -0.2) is 69.4 Å². The van der Waals surface area contributed by atoms with Gasteiger partial charge in [-0.25, -0.2) is 0 Å². The number of allylic oxidation sites excluding steroid dienone is 15. The summed E-state index contributed by atoms with van der Waals surface area (Å²) in [5.41, 5.74) is 0. The lowest BCUT2D eigenvalue weighted by atomic mass is 10.0. The van der Waals surface area contributed by atoms with Gasteiger partial charge in [-0.3, -0.25) is 14.2 Å². The van der Waals surface area contributed by atoms with E-state index in [4.69, 9.17) is 13.8 Å². The second-order valence-corrected chi connectivity index (χ2v) is 24.0. The molecule has 1 amide bonds. The Balaban J connectivity index is 5.27. The molecule has 3 unspecified atom stereocenters. The highest BCUT2D eigenvalue weighted by Gasteiger charge is 2.27. The van der Waals surface area contributed by atoms with Crippen LogP contribution in [0.1, 0.15) is 271 Å². The van der Waals surface area contributed by atoms with Crippen molar-refractivity contribution in [2.45, 2.75) is 283 Å². The molecule has 10 heteroatoms. The molecule has 0 aromatic heterocycles. The van der Waals surface area contributed by atoms with Crippen molar-refractivity contribution in [1.29, 1.82) is 0 Å². The summed E-state index contributed by atoms with van der Waals surface area (Å²) in [5, 5.41) is 2.99. The van der Waals surface area contributed by atoms with E-state index in [1.165, 1.54) is 141 Å². The molecule has 0 aliphatic rings. The summed E-state index contributed by atoms with van der Waals surface area (Å²) in [5.74, 6) is -0.612. The number of carbonyl (C=O) groups excluding carboxylic acids is 2. The number of unbranched alkanes of at least 4 members (excludes halogenated alkanes) is 27. The van der Waals surface area contributed by atoms with Crippen LogP contribution < -0.4 is 10.2 Å². The van der Waals surface area contributed by atoms with Gasteiger partial charge in [0.2, 0.25) is 5.91 Å². The third-order valence-electron chi connectivity index (χ3n) is 13.7. The average molecular weight is 1110 g/mol. The number of phosphoric acid groups is 1. The van der Waals surface area contributed by atoms with E-state index in [2.05, 4.69) is 111 Å². The van der Waals surface area contributed by atoms with Gasteiger partial charge in [0.05, 0.1) is 33.8 Å². The summed E-state index contributed by atoms with van der Waals surface area (Å²) in [6.07, 6.45) is 76.7. The van der Waals surface area contributed by atoms with Gasteiger partial charge in [-0.15, -0.1) is 0 Å². The highest BCUT2D eigenvalue weighted by molar-refractivity contribution is 7.45. The molecular weight excluding hydrogens is 988 g/mol. The van der Waals surface area contributed by atoms with Crippen LogP contribution in [0, 0.1) is 0 Å². The highest BCUT2D eigenvalue weighted by Crippen LogP contribution is 2.38. The van der Waals surface area contributed by atoms with Crippen molar-refractivity contribution in [3.05, 3.63) is 97.2 Å². The highest BCUT2D eigenvalue weighted by atomic mass is 31.2. The predicted molar refractivity (Wildman–Crippen MR) is 334 cm³/mol. The van der Waals surface area contributed by atoms with Crippen molar-refractivity contribution in [1.82, 2.24) is 5.32 Å². The molecule has 0 aromatic carbocycles. The Morgan fingerprint density at radius 3 is 1.22 bits per heavy atom. The number of nitrogens with one attached hydrogen (secondary N) is 1. The number of esters is 1. The molecule has 450 valence electrons. The third-order valence-corrected chi connectivity index (χ3v) is 14.7. The molecular formula is C68H121N2O7P. The number of quaternary nitrogens is 1. The zero-order valence-corrected chi connectivity index (χ0v) is 52.2. The topological polar surface area (TPSA) is 114 Å². The minimum absolute atomic E-state index is 0.0370. The standard InChI is InChI=1S/C68H121N2O7P/c1-7-10-13-16-19-22-25-28-30-32-33-34-35-36-37-39-41-43-46-49-52-55-58-61-68(72)77-66(59-56-53-50-47-44-27-24-21-18-15-12-9-3)65(64-76-78(73,74)75-63-62-70(4,5)6)69-67(71)60-57-54-51-48-45-42-40-38-31-29-26-23-20-17-14-11-8-2/h19-20,22-23,28-31,33-34,40,42,48,51,56,59,65-66H,7-18,21,24-27,32,35-39,41,43-47,49-50,52-55,57-58,60-64H2,1-6H3,(H-,69,71,73,74)/b22-19-,23-20-,30-28-,31-29-,34-33-,42-40-,51-48-,59-56-. The quantitative estimate of drug-likeness (QED) is 0.0212. The number of rotatable bonds is 57. The lowest BCUT2D eigenvalue weighted by molar-refractivity contribution is -0.870. The molecule has 0 rings (SSSR count). The Bertz CT molecular complexity index is 1660. The molecule has 0 saturated carbocycles. The maximum absolute atomic E-state index is 13.5. The van der Waals surface area contributed by atoms with Gasteiger partial charge in [0.1, 0.15) is 19.3 Å². The molecule has 9 nitrogen and oxygen atoms in total. The number of ether oxygens (including phenoxy) is 1. The number of hydrogen-bond donors (Lipinski definition) is 1. The van der Waals surface area contributed by atoms with Crippen molar-refractivity contribution < 1.29 is 37.3 Å². The molecule has 0 radical (unpaired) electrons. The monoisotopic (exact) mass is 1110 g/mol. The fourth-order valence-electron chi connectivity index (χ4n) is 8.76. The molecule has 0 spiro atoms. The summed E-state index contributed by atoms with van der Waals surface area (Å²) < 4.78 is 30.3. The summed E-state index contributed by atoms with van der Waals surface area (Å²) in [6.45, 7) is 6.74. The van der Waals surface area contributed by atoms with Crippen molar-refractivity contribution in [2.24, 2.45) is 0 Å². The average Bonchev–Trinajstić information content (AvgIpc) is 3.40. The number of nitrogens with zero attached hydrogens (tertiary/aromatic N) is 1. The second kappa shape index (κ2) is 57.2. The van der Waals surface area contributed by atoms with Gasteiger partial charge in [-0.05, 0) is 109 Å². The minimum atomic E-state index is -4.72. The first-order chi connectivity index (χ1) is 37.9. The molecule has 0 aliphatic heterocycles. The van der Waals surface area contributed by atoms with Gasteiger partial charge in [0.15, 0.2) is 0 Å². The van der Waals surface area contributed by atoms with Crippen molar-refractivity contribution in [2.75, 3.05) is 40.9 Å².